The van der Waals surface area contributed by atoms with Crippen molar-refractivity contribution in [3.8, 4) is 34.1 Å². The Balaban J connectivity index is 1.10. The highest BCUT2D eigenvalue weighted by Gasteiger charge is 2.41. The molecule has 56 heavy (non-hydrogen) atoms. The van der Waals surface area contributed by atoms with Crippen molar-refractivity contribution in [2.45, 2.75) is 44.9 Å². The molecule has 0 unspecified atom stereocenters. The molecule has 9 heteroatoms. The van der Waals surface area contributed by atoms with Crippen LogP contribution in [0.4, 0.5) is 0 Å². The fourth-order valence-corrected chi connectivity index (χ4v) is 6.95. The predicted molar refractivity (Wildman–Crippen MR) is 218 cm³/mol. The molecule has 278 valence electrons. The maximum absolute atomic E-state index is 10.1. The number of pyridine rings is 2. The normalized spacial score (nSPS) is 11.8. The summed E-state index contributed by atoms with van der Waals surface area (Å²) >= 11 is 0. The van der Waals surface area contributed by atoms with Crippen molar-refractivity contribution in [3.05, 3.63) is 186 Å². The molecule has 0 bridgehead atoms. The van der Waals surface area contributed by atoms with Crippen molar-refractivity contribution in [3.63, 3.8) is 0 Å². The topological polar surface area (TPSA) is 108 Å². The summed E-state index contributed by atoms with van der Waals surface area (Å²) < 4.78 is 12.2. The van der Waals surface area contributed by atoms with E-state index in [0.29, 0.717) is 29.6 Å². The average Bonchev–Trinajstić information content (AvgIpc) is 3.74. The number of aryl methyl sites for hydroxylation is 1. The molecule has 3 heterocycles. The van der Waals surface area contributed by atoms with E-state index in [0.717, 1.165) is 56.6 Å². The maximum Gasteiger partial charge on any atom is 0.214 e. The van der Waals surface area contributed by atoms with Crippen molar-refractivity contribution in [2.24, 2.45) is 0 Å². The Hall–Kier alpha value is -6.71. The quantitative estimate of drug-likeness (QED) is 0.117. The molecule has 9 nitrogen and oxygen atoms in total. The van der Waals surface area contributed by atoms with Gasteiger partial charge in [0, 0.05) is 23.4 Å². The van der Waals surface area contributed by atoms with Gasteiger partial charge >= 0.3 is 0 Å². The summed E-state index contributed by atoms with van der Waals surface area (Å²) in [5.74, 6) is 1.55. The van der Waals surface area contributed by atoms with Crippen LogP contribution in [0.15, 0.2) is 158 Å². The number of ether oxygens (including phenoxy) is 2. The lowest BCUT2D eigenvalue weighted by Crippen LogP contribution is -2.39. The van der Waals surface area contributed by atoms with Crippen molar-refractivity contribution in [2.75, 3.05) is 6.61 Å². The maximum atomic E-state index is 10.1. The Bertz CT molecular complexity index is 2460. The third-order valence-corrected chi connectivity index (χ3v) is 9.69. The van der Waals surface area contributed by atoms with Crippen LogP contribution in [0, 0.1) is 0 Å². The Morgan fingerprint density at radius 1 is 0.643 bits per heavy atom. The SMILES string of the molecule is CCc1cc(OCc2ccc(-c3ccccc3-c3nnn(C(c4ccccc4)(c4ccccc4)c4ccccc4)n3)cc2)c2nc(OCC(C)(C)O)ccc2n1. The van der Waals surface area contributed by atoms with E-state index in [4.69, 9.17) is 29.9 Å². The molecule has 0 spiro atoms. The number of nitrogens with zero attached hydrogens (tertiary/aromatic N) is 6. The first-order valence-electron chi connectivity index (χ1n) is 18.8. The Morgan fingerprint density at radius 2 is 1.23 bits per heavy atom. The molecule has 8 rings (SSSR count). The van der Waals surface area contributed by atoms with E-state index in [1.165, 1.54) is 0 Å². The first-order chi connectivity index (χ1) is 27.3. The molecule has 0 aliphatic carbocycles. The van der Waals surface area contributed by atoms with Crippen LogP contribution in [0.1, 0.15) is 48.7 Å². The number of hydrogen-bond acceptors (Lipinski definition) is 8. The first-order valence-corrected chi connectivity index (χ1v) is 18.8. The summed E-state index contributed by atoms with van der Waals surface area (Å²) in [4.78, 5) is 11.2. The van der Waals surface area contributed by atoms with Crippen LogP contribution in [0.2, 0.25) is 0 Å². The number of aliphatic hydroxyl groups is 1. The van der Waals surface area contributed by atoms with Gasteiger partial charge in [-0.1, -0.05) is 146 Å². The zero-order valence-electron chi connectivity index (χ0n) is 31.6. The third-order valence-electron chi connectivity index (χ3n) is 9.69. The summed E-state index contributed by atoms with van der Waals surface area (Å²) in [6.07, 6.45) is 0.756. The van der Waals surface area contributed by atoms with Crippen molar-refractivity contribution in [1.29, 1.82) is 0 Å². The van der Waals surface area contributed by atoms with Gasteiger partial charge in [0.25, 0.3) is 0 Å². The van der Waals surface area contributed by atoms with E-state index >= 15 is 0 Å². The molecule has 0 saturated heterocycles. The van der Waals surface area contributed by atoms with Gasteiger partial charge in [-0.05, 0) is 64.9 Å². The van der Waals surface area contributed by atoms with Gasteiger partial charge in [-0.25, -0.2) is 4.98 Å². The lowest BCUT2D eigenvalue weighted by molar-refractivity contribution is 0.0269. The van der Waals surface area contributed by atoms with E-state index in [-0.39, 0.29) is 6.61 Å². The van der Waals surface area contributed by atoms with Crippen molar-refractivity contribution >= 4 is 11.0 Å². The predicted octanol–water partition coefficient (Wildman–Crippen LogP) is 9.08. The van der Waals surface area contributed by atoms with E-state index in [1.807, 2.05) is 84.9 Å². The zero-order chi connectivity index (χ0) is 38.5. The van der Waals surface area contributed by atoms with Gasteiger partial charge in [0.2, 0.25) is 11.7 Å². The number of aromatic nitrogens is 6. The second kappa shape index (κ2) is 15.6. The van der Waals surface area contributed by atoms with E-state index in [2.05, 4.69) is 78.6 Å². The average molecular weight is 739 g/mol. The lowest BCUT2D eigenvalue weighted by atomic mass is 9.77. The smallest absolute Gasteiger partial charge is 0.214 e. The molecule has 0 aliphatic heterocycles. The lowest BCUT2D eigenvalue weighted by Gasteiger charge is -2.34. The minimum absolute atomic E-state index is 0.113. The van der Waals surface area contributed by atoms with Crippen LogP contribution in [0.3, 0.4) is 0 Å². The van der Waals surface area contributed by atoms with E-state index in [9.17, 15) is 5.11 Å². The van der Waals surface area contributed by atoms with Crippen LogP contribution >= 0.6 is 0 Å². The van der Waals surface area contributed by atoms with Gasteiger partial charge in [0.05, 0.1) is 11.1 Å². The number of hydrogen-bond donors (Lipinski definition) is 1. The van der Waals surface area contributed by atoms with Gasteiger partial charge in [-0.2, -0.15) is 0 Å². The first kappa shape index (κ1) is 36.3. The fraction of sp³-hybridized carbons (Fsp3) is 0.170. The molecule has 5 aromatic carbocycles. The van der Waals surface area contributed by atoms with Gasteiger partial charge in [0.15, 0.2) is 5.54 Å². The number of rotatable bonds is 13. The molecule has 3 aromatic heterocycles. The van der Waals surface area contributed by atoms with Crippen LogP contribution in [0.5, 0.6) is 11.6 Å². The van der Waals surface area contributed by atoms with Crippen LogP contribution < -0.4 is 9.47 Å². The minimum Gasteiger partial charge on any atom is -0.486 e. The Kier molecular flexibility index (Phi) is 10.1. The highest BCUT2D eigenvalue weighted by atomic mass is 16.5. The number of benzene rings is 5. The largest absolute Gasteiger partial charge is 0.486 e. The Morgan fingerprint density at radius 3 is 1.82 bits per heavy atom. The molecule has 0 aliphatic rings. The second-order valence-electron chi connectivity index (χ2n) is 14.3. The number of tetrazole rings is 1. The molecule has 8 aromatic rings. The second-order valence-corrected chi connectivity index (χ2v) is 14.3. The Labute approximate surface area is 326 Å². The molecular formula is C47H42N6O3. The summed E-state index contributed by atoms with van der Waals surface area (Å²) in [5, 5.41) is 24.8. The molecule has 0 amide bonds. The van der Waals surface area contributed by atoms with Crippen molar-refractivity contribution in [1.82, 2.24) is 30.2 Å². The highest BCUT2D eigenvalue weighted by molar-refractivity contribution is 5.82. The van der Waals surface area contributed by atoms with Gasteiger partial charge in [-0.15, -0.1) is 15.0 Å². The fourth-order valence-electron chi connectivity index (χ4n) is 6.95. The monoisotopic (exact) mass is 738 g/mol. The van der Waals surface area contributed by atoms with Gasteiger partial charge in [0.1, 0.15) is 24.5 Å². The summed E-state index contributed by atoms with van der Waals surface area (Å²) in [5.41, 5.74) is 7.31. The van der Waals surface area contributed by atoms with Gasteiger partial charge < -0.3 is 14.6 Å². The molecule has 0 saturated carbocycles. The molecule has 0 radical (unpaired) electrons. The molecule has 0 atom stereocenters. The van der Waals surface area contributed by atoms with Crippen molar-refractivity contribution < 1.29 is 14.6 Å². The van der Waals surface area contributed by atoms with Crippen LogP contribution in [0.25, 0.3) is 33.5 Å². The summed E-state index contributed by atoms with van der Waals surface area (Å²) in [6.45, 7) is 5.89. The van der Waals surface area contributed by atoms with E-state index < -0.39 is 11.1 Å². The third kappa shape index (κ3) is 7.37. The highest BCUT2D eigenvalue weighted by Crippen LogP contribution is 2.40. The molecular weight excluding hydrogens is 697 g/mol. The van der Waals surface area contributed by atoms with E-state index in [1.54, 1.807) is 24.7 Å². The molecule has 1 N–H and O–H groups in total. The number of fused-ring (bicyclic) bond motifs is 1. The minimum atomic E-state index is -0.985. The molecule has 0 fully saturated rings. The zero-order valence-corrected chi connectivity index (χ0v) is 31.6. The van der Waals surface area contributed by atoms with Gasteiger partial charge in [-0.3, -0.25) is 4.98 Å². The van der Waals surface area contributed by atoms with Crippen LogP contribution in [-0.2, 0) is 18.6 Å². The summed E-state index contributed by atoms with van der Waals surface area (Å²) in [7, 11) is 0. The van der Waals surface area contributed by atoms with Crippen LogP contribution in [-0.4, -0.2) is 47.5 Å². The summed E-state index contributed by atoms with van der Waals surface area (Å²) in [6, 6.07) is 53.0. The standard InChI is InChI=1S/C47H42N6O3/c1-4-38-30-42(44-41(48-38)28-29-43(49-44)56-32-46(2,3)54)55-31-33-24-26-34(27-25-33)39-22-14-15-23-40(39)45-50-52-53(51-45)47(35-16-8-5-9-17-35,36-18-10-6-11-19-36)37-20-12-7-13-21-37/h5-30,54H,4,31-32H2,1-3H3.